The Morgan fingerprint density at radius 2 is 1.90 bits per heavy atom. The van der Waals surface area contributed by atoms with Gasteiger partial charge in [0.15, 0.2) is 0 Å². The quantitative estimate of drug-likeness (QED) is 0.802. The van der Waals surface area contributed by atoms with Crippen molar-refractivity contribution in [2.75, 3.05) is 22.8 Å². The van der Waals surface area contributed by atoms with Crippen LogP contribution in [-0.2, 0) is 10.0 Å². The minimum Gasteiger partial charge on any atom is -0.492 e. The van der Waals surface area contributed by atoms with E-state index in [1.54, 1.807) is 30.3 Å². The Morgan fingerprint density at radius 1 is 1.14 bits per heavy atom. The lowest BCUT2D eigenvalue weighted by molar-refractivity contribution is 0.341. The first-order valence-electron chi connectivity index (χ1n) is 6.20. The minimum atomic E-state index is -3.68. The molecular formula is C14H15FN2O3S. The fourth-order valence-electron chi connectivity index (χ4n) is 1.64. The average Bonchev–Trinajstić information content (AvgIpc) is 2.41. The molecule has 0 aliphatic carbocycles. The standard InChI is InChI=1S/C14H15FN2O3S/c15-13-6-1-2-7-14(13)17-21(18,19)9-8-20-12-5-3-4-11(16)10-12/h1-7,10,17H,8-9,16H2. The molecule has 0 aliphatic rings. The van der Waals surface area contributed by atoms with Gasteiger partial charge < -0.3 is 10.5 Å². The number of hydrogen-bond donors (Lipinski definition) is 2. The number of sulfonamides is 1. The van der Waals surface area contributed by atoms with Crippen LogP contribution >= 0.6 is 0 Å². The van der Waals surface area contributed by atoms with Gasteiger partial charge in [0.2, 0.25) is 10.0 Å². The third kappa shape index (κ3) is 4.64. The third-order valence-electron chi connectivity index (χ3n) is 2.62. The zero-order chi connectivity index (χ0) is 15.3. The zero-order valence-corrected chi connectivity index (χ0v) is 11.9. The summed E-state index contributed by atoms with van der Waals surface area (Å²) in [5, 5.41) is 0. The van der Waals surface area contributed by atoms with Crippen LogP contribution in [0.3, 0.4) is 0 Å². The predicted molar refractivity (Wildman–Crippen MR) is 80.2 cm³/mol. The van der Waals surface area contributed by atoms with E-state index >= 15 is 0 Å². The summed E-state index contributed by atoms with van der Waals surface area (Å²) in [5.74, 6) is -0.440. The van der Waals surface area contributed by atoms with Crippen LogP contribution in [-0.4, -0.2) is 20.8 Å². The van der Waals surface area contributed by atoms with E-state index in [1.807, 2.05) is 0 Å². The molecule has 0 aromatic heterocycles. The molecule has 2 aromatic rings. The van der Waals surface area contributed by atoms with E-state index in [0.29, 0.717) is 11.4 Å². The van der Waals surface area contributed by atoms with Crippen molar-refractivity contribution in [1.29, 1.82) is 0 Å². The van der Waals surface area contributed by atoms with Crippen molar-refractivity contribution in [2.24, 2.45) is 0 Å². The lowest BCUT2D eigenvalue weighted by atomic mass is 10.3. The zero-order valence-electron chi connectivity index (χ0n) is 11.1. The second kappa shape index (κ2) is 6.45. The fourth-order valence-corrected chi connectivity index (χ4v) is 2.54. The lowest BCUT2D eigenvalue weighted by Gasteiger charge is -2.10. The molecule has 0 spiro atoms. The summed E-state index contributed by atoms with van der Waals surface area (Å²) >= 11 is 0. The van der Waals surface area contributed by atoms with Gasteiger partial charge in [0.05, 0.1) is 5.69 Å². The van der Waals surface area contributed by atoms with Gasteiger partial charge in [0.25, 0.3) is 0 Å². The van der Waals surface area contributed by atoms with Crippen molar-refractivity contribution in [3.63, 3.8) is 0 Å². The molecule has 7 heteroatoms. The van der Waals surface area contributed by atoms with Gasteiger partial charge in [-0.25, -0.2) is 12.8 Å². The van der Waals surface area contributed by atoms with E-state index in [0.717, 1.165) is 0 Å². The van der Waals surface area contributed by atoms with Crippen LogP contribution in [0.2, 0.25) is 0 Å². The molecule has 2 rings (SSSR count). The summed E-state index contributed by atoms with van der Waals surface area (Å²) in [6.07, 6.45) is 0. The number of anilines is 2. The highest BCUT2D eigenvalue weighted by molar-refractivity contribution is 7.92. The number of benzene rings is 2. The highest BCUT2D eigenvalue weighted by Crippen LogP contribution is 2.16. The number of nitrogens with one attached hydrogen (secondary N) is 1. The summed E-state index contributed by atoms with van der Waals surface area (Å²) in [6, 6.07) is 12.2. The van der Waals surface area contributed by atoms with E-state index < -0.39 is 15.8 Å². The van der Waals surface area contributed by atoms with Gasteiger partial charge in [0, 0.05) is 11.8 Å². The molecule has 0 saturated heterocycles. The number of nitrogen functional groups attached to an aromatic ring is 1. The van der Waals surface area contributed by atoms with E-state index in [9.17, 15) is 12.8 Å². The molecule has 0 aliphatic heterocycles. The van der Waals surface area contributed by atoms with E-state index in [2.05, 4.69) is 4.72 Å². The van der Waals surface area contributed by atoms with Gasteiger partial charge in [-0.3, -0.25) is 4.72 Å². The maximum Gasteiger partial charge on any atom is 0.236 e. The lowest BCUT2D eigenvalue weighted by Crippen LogP contribution is -2.21. The Bertz CT molecular complexity index is 720. The number of hydrogen-bond acceptors (Lipinski definition) is 4. The fraction of sp³-hybridized carbons (Fsp3) is 0.143. The molecule has 112 valence electrons. The number of ether oxygens (including phenoxy) is 1. The molecule has 21 heavy (non-hydrogen) atoms. The maximum absolute atomic E-state index is 13.4. The summed E-state index contributed by atoms with van der Waals surface area (Å²) in [6.45, 7) is -0.0623. The van der Waals surface area contributed by atoms with Crippen LogP contribution in [0.5, 0.6) is 5.75 Å². The summed E-state index contributed by atoms with van der Waals surface area (Å²) in [5.41, 5.74) is 6.03. The van der Waals surface area contributed by atoms with E-state index in [1.165, 1.54) is 18.2 Å². The number of halogens is 1. The first kappa shape index (κ1) is 15.1. The van der Waals surface area contributed by atoms with Crippen LogP contribution < -0.4 is 15.2 Å². The highest BCUT2D eigenvalue weighted by Gasteiger charge is 2.13. The average molecular weight is 310 g/mol. The van der Waals surface area contributed by atoms with Gasteiger partial charge in [-0.2, -0.15) is 0 Å². The number of rotatable bonds is 6. The van der Waals surface area contributed by atoms with Crippen molar-refractivity contribution in [1.82, 2.24) is 0 Å². The highest BCUT2D eigenvalue weighted by atomic mass is 32.2. The maximum atomic E-state index is 13.4. The van der Waals surface area contributed by atoms with Gasteiger partial charge in [-0.1, -0.05) is 18.2 Å². The summed E-state index contributed by atoms with van der Waals surface area (Å²) in [4.78, 5) is 0. The van der Waals surface area contributed by atoms with Crippen LogP contribution in [0.25, 0.3) is 0 Å². The van der Waals surface area contributed by atoms with E-state index in [4.69, 9.17) is 10.5 Å². The second-order valence-electron chi connectivity index (χ2n) is 4.32. The Morgan fingerprint density at radius 3 is 2.62 bits per heavy atom. The van der Waals surface area contributed by atoms with Crippen molar-refractivity contribution >= 4 is 21.4 Å². The smallest absolute Gasteiger partial charge is 0.236 e. The van der Waals surface area contributed by atoms with Crippen LogP contribution in [0.15, 0.2) is 48.5 Å². The van der Waals surface area contributed by atoms with Gasteiger partial charge in [-0.15, -0.1) is 0 Å². The molecule has 0 atom stereocenters. The van der Waals surface area contributed by atoms with Crippen LogP contribution in [0.1, 0.15) is 0 Å². The monoisotopic (exact) mass is 310 g/mol. The third-order valence-corrected chi connectivity index (χ3v) is 3.85. The first-order chi connectivity index (χ1) is 9.96. The van der Waals surface area contributed by atoms with Crippen LogP contribution in [0, 0.1) is 5.82 Å². The Labute approximate surface area is 122 Å². The molecule has 0 bridgehead atoms. The Balaban J connectivity index is 1.91. The first-order valence-corrected chi connectivity index (χ1v) is 7.85. The topological polar surface area (TPSA) is 81.4 Å². The largest absolute Gasteiger partial charge is 0.492 e. The van der Waals surface area contributed by atoms with Crippen molar-refractivity contribution < 1.29 is 17.5 Å². The molecule has 0 unspecified atom stereocenters. The second-order valence-corrected chi connectivity index (χ2v) is 6.16. The molecule has 0 saturated carbocycles. The SMILES string of the molecule is Nc1cccc(OCCS(=O)(=O)Nc2ccccc2F)c1. The Hall–Kier alpha value is -2.28. The molecule has 5 nitrogen and oxygen atoms in total. The molecular weight excluding hydrogens is 295 g/mol. The van der Waals surface area contributed by atoms with Crippen molar-refractivity contribution in [3.05, 3.63) is 54.3 Å². The van der Waals surface area contributed by atoms with Gasteiger partial charge in [-0.05, 0) is 24.3 Å². The molecule has 3 N–H and O–H groups in total. The number of para-hydroxylation sites is 1. The molecule has 2 aromatic carbocycles. The summed E-state index contributed by atoms with van der Waals surface area (Å²) in [7, 11) is -3.68. The van der Waals surface area contributed by atoms with Gasteiger partial charge in [0.1, 0.15) is 23.9 Å². The van der Waals surface area contributed by atoms with Crippen molar-refractivity contribution in [2.45, 2.75) is 0 Å². The molecule has 0 fully saturated rings. The van der Waals surface area contributed by atoms with E-state index in [-0.39, 0.29) is 18.0 Å². The summed E-state index contributed by atoms with van der Waals surface area (Å²) < 4.78 is 44.5. The predicted octanol–water partition coefficient (Wildman–Crippen LogP) is 2.23. The van der Waals surface area contributed by atoms with Crippen LogP contribution in [0.4, 0.5) is 15.8 Å². The number of nitrogens with two attached hydrogens (primary N) is 1. The minimum absolute atomic E-state index is 0.0623. The Kier molecular flexibility index (Phi) is 4.64. The molecule has 0 radical (unpaired) electrons. The molecule has 0 amide bonds. The van der Waals surface area contributed by atoms with Crippen molar-refractivity contribution in [3.8, 4) is 5.75 Å². The normalized spacial score (nSPS) is 11.1. The van der Waals surface area contributed by atoms with Gasteiger partial charge >= 0.3 is 0 Å². The molecule has 0 heterocycles.